The second-order valence-electron chi connectivity index (χ2n) is 3.64. The SMILES string of the molecule is CCNC(=S)Nc1c(C(=O)OCC)c(C)nn1C. The van der Waals surface area contributed by atoms with Gasteiger partial charge in [0.1, 0.15) is 11.4 Å². The Kier molecular flexibility index (Phi) is 5.08. The number of hydrogen-bond acceptors (Lipinski definition) is 4. The minimum Gasteiger partial charge on any atom is -0.462 e. The van der Waals surface area contributed by atoms with E-state index in [1.54, 1.807) is 25.6 Å². The van der Waals surface area contributed by atoms with Crippen LogP contribution in [0.3, 0.4) is 0 Å². The maximum atomic E-state index is 11.9. The van der Waals surface area contributed by atoms with Crippen LogP contribution in [0.25, 0.3) is 0 Å². The van der Waals surface area contributed by atoms with Crippen LogP contribution in [-0.4, -0.2) is 34.0 Å². The number of hydrogen-bond donors (Lipinski definition) is 2. The molecule has 1 aromatic rings. The highest BCUT2D eigenvalue weighted by Crippen LogP contribution is 2.19. The molecule has 0 radical (unpaired) electrons. The lowest BCUT2D eigenvalue weighted by Gasteiger charge is -2.10. The first-order valence-corrected chi connectivity index (χ1v) is 6.17. The Balaban J connectivity index is 3.02. The Bertz CT molecular complexity index is 456. The summed E-state index contributed by atoms with van der Waals surface area (Å²) in [6.07, 6.45) is 0. The molecule has 0 saturated carbocycles. The third-order valence-electron chi connectivity index (χ3n) is 2.27. The van der Waals surface area contributed by atoms with Gasteiger partial charge in [-0.25, -0.2) is 4.79 Å². The average Bonchev–Trinajstić information content (AvgIpc) is 2.54. The number of aryl methyl sites for hydroxylation is 2. The Morgan fingerprint density at radius 1 is 1.50 bits per heavy atom. The number of ether oxygens (including phenoxy) is 1. The van der Waals surface area contributed by atoms with E-state index in [4.69, 9.17) is 17.0 Å². The van der Waals surface area contributed by atoms with E-state index in [0.717, 1.165) is 0 Å². The van der Waals surface area contributed by atoms with Crippen molar-refractivity contribution >= 4 is 29.1 Å². The number of carbonyl (C=O) groups excluding carboxylic acids is 1. The fourth-order valence-electron chi connectivity index (χ4n) is 1.56. The molecule has 1 heterocycles. The van der Waals surface area contributed by atoms with Crippen molar-refractivity contribution in [1.82, 2.24) is 15.1 Å². The minimum absolute atomic E-state index is 0.324. The van der Waals surface area contributed by atoms with E-state index in [9.17, 15) is 4.79 Å². The van der Waals surface area contributed by atoms with Crippen LogP contribution in [0.5, 0.6) is 0 Å². The summed E-state index contributed by atoms with van der Waals surface area (Å²) in [5, 5.41) is 10.6. The molecule has 0 atom stereocenters. The Morgan fingerprint density at radius 3 is 2.72 bits per heavy atom. The number of anilines is 1. The zero-order valence-electron chi connectivity index (χ0n) is 11.0. The predicted molar refractivity (Wildman–Crippen MR) is 73.8 cm³/mol. The Labute approximate surface area is 112 Å². The van der Waals surface area contributed by atoms with Gasteiger partial charge in [0.25, 0.3) is 0 Å². The predicted octanol–water partition coefficient (Wildman–Crippen LogP) is 1.21. The van der Waals surface area contributed by atoms with Gasteiger partial charge in [-0.1, -0.05) is 0 Å². The molecule has 0 saturated heterocycles. The average molecular weight is 270 g/mol. The van der Waals surface area contributed by atoms with Crippen molar-refractivity contribution < 1.29 is 9.53 Å². The van der Waals surface area contributed by atoms with E-state index in [1.807, 2.05) is 6.92 Å². The van der Waals surface area contributed by atoms with Crippen molar-refractivity contribution in [3.8, 4) is 0 Å². The van der Waals surface area contributed by atoms with E-state index in [2.05, 4.69) is 15.7 Å². The van der Waals surface area contributed by atoms with Gasteiger partial charge in [-0.2, -0.15) is 5.10 Å². The van der Waals surface area contributed by atoms with Crippen molar-refractivity contribution in [3.05, 3.63) is 11.3 Å². The van der Waals surface area contributed by atoms with E-state index >= 15 is 0 Å². The number of esters is 1. The van der Waals surface area contributed by atoms with E-state index in [1.165, 1.54) is 0 Å². The first-order chi connectivity index (χ1) is 8.51. The monoisotopic (exact) mass is 270 g/mol. The van der Waals surface area contributed by atoms with Crippen LogP contribution in [0.1, 0.15) is 29.9 Å². The molecule has 18 heavy (non-hydrogen) atoms. The molecular formula is C11H18N4O2S. The maximum Gasteiger partial charge on any atom is 0.343 e. The number of nitrogens with one attached hydrogen (secondary N) is 2. The number of carbonyl (C=O) groups is 1. The third kappa shape index (κ3) is 3.19. The fourth-order valence-corrected chi connectivity index (χ4v) is 1.80. The zero-order chi connectivity index (χ0) is 13.7. The summed E-state index contributed by atoms with van der Waals surface area (Å²) in [4.78, 5) is 11.9. The van der Waals surface area contributed by atoms with Crippen LogP contribution >= 0.6 is 12.2 Å². The lowest BCUT2D eigenvalue weighted by molar-refractivity contribution is 0.0526. The van der Waals surface area contributed by atoms with Gasteiger partial charge in [-0.15, -0.1) is 0 Å². The van der Waals surface area contributed by atoms with Crippen LogP contribution in [0, 0.1) is 6.92 Å². The van der Waals surface area contributed by atoms with Gasteiger partial charge in [0, 0.05) is 13.6 Å². The molecule has 0 amide bonds. The molecule has 0 aromatic carbocycles. The molecule has 6 nitrogen and oxygen atoms in total. The first-order valence-electron chi connectivity index (χ1n) is 5.76. The van der Waals surface area contributed by atoms with Gasteiger partial charge in [0.05, 0.1) is 12.3 Å². The maximum absolute atomic E-state index is 11.9. The summed E-state index contributed by atoms with van der Waals surface area (Å²) < 4.78 is 6.58. The number of rotatable bonds is 4. The molecule has 0 spiro atoms. The van der Waals surface area contributed by atoms with Crippen molar-refractivity contribution in [2.45, 2.75) is 20.8 Å². The molecule has 0 aliphatic heterocycles. The fraction of sp³-hybridized carbons (Fsp3) is 0.545. The molecule has 7 heteroatoms. The molecule has 2 N–H and O–H groups in total. The normalized spacial score (nSPS) is 10.0. The standard InChI is InChI=1S/C11H18N4O2S/c1-5-12-11(18)13-9-8(10(16)17-6-2)7(3)14-15(9)4/h5-6H2,1-4H3,(H2,12,13,18). The van der Waals surface area contributed by atoms with Crippen molar-refractivity contribution in [3.63, 3.8) is 0 Å². The summed E-state index contributed by atoms with van der Waals surface area (Å²) in [6.45, 7) is 6.49. The third-order valence-corrected chi connectivity index (χ3v) is 2.52. The van der Waals surface area contributed by atoms with E-state index < -0.39 is 5.97 Å². The number of aromatic nitrogens is 2. The Hall–Kier alpha value is -1.63. The van der Waals surface area contributed by atoms with Crippen molar-refractivity contribution in [2.24, 2.45) is 7.05 Å². The molecule has 100 valence electrons. The summed E-state index contributed by atoms with van der Waals surface area (Å²) in [5.74, 6) is 0.141. The topological polar surface area (TPSA) is 68.2 Å². The van der Waals surface area contributed by atoms with Gasteiger partial charge in [0.2, 0.25) is 0 Å². The molecule has 0 aliphatic carbocycles. The highest BCUT2D eigenvalue weighted by Gasteiger charge is 2.21. The lowest BCUT2D eigenvalue weighted by Crippen LogP contribution is -2.29. The number of nitrogens with zero attached hydrogens (tertiary/aromatic N) is 2. The largest absolute Gasteiger partial charge is 0.462 e. The van der Waals surface area contributed by atoms with E-state index in [-0.39, 0.29) is 0 Å². The van der Waals surface area contributed by atoms with Crippen molar-refractivity contribution in [1.29, 1.82) is 0 Å². The van der Waals surface area contributed by atoms with Crippen LogP contribution in [0.4, 0.5) is 5.82 Å². The number of thiocarbonyl (C=S) groups is 1. The lowest BCUT2D eigenvalue weighted by atomic mass is 10.2. The van der Waals surface area contributed by atoms with Crippen LogP contribution in [0.2, 0.25) is 0 Å². The van der Waals surface area contributed by atoms with Gasteiger partial charge in [-0.05, 0) is 33.0 Å². The zero-order valence-corrected chi connectivity index (χ0v) is 11.8. The summed E-state index contributed by atoms with van der Waals surface area (Å²) in [6, 6.07) is 0. The first kappa shape index (κ1) is 14.4. The van der Waals surface area contributed by atoms with Gasteiger partial charge < -0.3 is 15.4 Å². The Morgan fingerprint density at radius 2 is 2.17 bits per heavy atom. The van der Waals surface area contributed by atoms with Crippen molar-refractivity contribution in [2.75, 3.05) is 18.5 Å². The van der Waals surface area contributed by atoms with Crippen LogP contribution in [0.15, 0.2) is 0 Å². The summed E-state index contributed by atoms with van der Waals surface area (Å²) in [5.41, 5.74) is 1.03. The second-order valence-corrected chi connectivity index (χ2v) is 4.05. The minimum atomic E-state index is -0.398. The summed E-state index contributed by atoms with van der Waals surface area (Å²) in [7, 11) is 1.74. The highest BCUT2D eigenvalue weighted by atomic mass is 32.1. The van der Waals surface area contributed by atoms with Crippen LogP contribution in [-0.2, 0) is 11.8 Å². The molecule has 0 fully saturated rings. The highest BCUT2D eigenvalue weighted by molar-refractivity contribution is 7.80. The van der Waals surface area contributed by atoms with Gasteiger partial charge >= 0.3 is 5.97 Å². The van der Waals surface area contributed by atoms with Gasteiger partial charge in [0.15, 0.2) is 5.11 Å². The molecule has 0 aliphatic rings. The molecular weight excluding hydrogens is 252 g/mol. The molecule has 0 unspecified atom stereocenters. The smallest absolute Gasteiger partial charge is 0.343 e. The summed E-state index contributed by atoms with van der Waals surface area (Å²) >= 11 is 5.10. The van der Waals surface area contributed by atoms with Gasteiger partial charge in [-0.3, -0.25) is 4.68 Å². The quantitative estimate of drug-likeness (QED) is 0.633. The molecule has 1 rings (SSSR count). The molecule has 0 bridgehead atoms. The second kappa shape index (κ2) is 6.34. The van der Waals surface area contributed by atoms with Crippen LogP contribution < -0.4 is 10.6 Å². The van der Waals surface area contributed by atoms with E-state index in [0.29, 0.717) is 35.3 Å². The molecule has 1 aromatic heterocycles.